The van der Waals surface area contributed by atoms with Crippen LogP contribution in [0.5, 0.6) is 0 Å². The number of carboxylic acid groups (broad SMARTS) is 1. The normalized spacial score (nSPS) is 18.4. The molecule has 0 saturated carbocycles. The van der Waals surface area contributed by atoms with Crippen LogP contribution in [0.2, 0.25) is 4.34 Å². The lowest BCUT2D eigenvalue weighted by molar-refractivity contribution is -0.138. The van der Waals surface area contributed by atoms with E-state index in [1.54, 1.807) is 17.3 Å². The summed E-state index contributed by atoms with van der Waals surface area (Å²) in [6.07, 6.45) is 8.33. The predicted molar refractivity (Wildman–Crippen MR) is 180 cm³/mol. The molecule has 0 radical (unpaired) electrons. The Kier molecular flexibility index (Phi) is 12.4. The van der Waals surface area contributed by atoms with Crippen molar-refractivity contribution >= 4 is 86.6 Å². The first-order valence-corrected chi connectivity index (χ1v) is 20.1. The molecule has 0 aliphatic carbocycles. The second-order valence-corrected chi connectivity index (χ2v) is 18.8. The molecule has 244 valence electrons. The first kappa shape index (κ1) is 35.8. The fourth-order valence-electron chi connectivity index (χ4n) is 5.72. The minimum Gasteiger partial charge on any atom is -0.480 e. The Morgan fingerprint density at radius 3 is 2.18 bits per heavy atom. The van der Waals surface area contributed by atoms with Gasteiger partial charge in [0.1, 0.15) is 25.3 Å². The van der Waals surface area contributed by atoms with Gasteiger partial charge in [-0.3, -0.25) is 4.79 Å². The molecule has 2 fully saturated rings. The summed E-state index contributed by atoms with van der Waals surface area (Å²) >= 11 is 13.9. The number of rotatable bonds is 13. The number of anilines is 1. The third-order valence-corrected chi connectivity index (χ3v) is 15.0. The van der Waals surface area contributed by atoms with Gasteiger partial charge in [0.25, 0.3) is 10.0 Å². The highest BCUT2D eigenvalue weighted by Gasteiger charge is 2.32. The van der Waals surface area contributed by atoms with Crippen LogP contribution in [0.25, 0.3) is 0 Å². The van der Waals surface area contributed by atoms with E-state index in [9.17, 15) is 26.7 Å². The van der Waals surface area contributed by atoms with Crippen LogP contribution < -0.4 is 9.62 Å². The summed E-state index contributed by atoms with van der Waals surface area (Å²) in [7, 11) is -7.61. The highest BCUT2D eigenvalue weighted by molar-refractivity contribution is 9.11. The monoisotopic (exact) mass is 814 g/mol. The van der Waals surface area contributed by atoms with Gasteiger partial charge in [0.2, 0.25) is 10.0 Å². The average molecular weight is 817 g/mol. The number of nitrogens with zero attached hydrogens (tertiary/aromatic N) is 3. The standard InChI is InChI=1S/C28H37Br2ClN4O6S3/c1-18(2)14-24(28(36)37)33-43(38,39)21-15-23(30)27(32-17-21)34-10-6-19(7-11-34)4-3-5-20-8-12-35(13-9-20)44(40,41)25-16-22(29)26(31)42-25/h15-17,19-20,24,33H,1,3-14H2,2H3,(H,36,37). The van der Waals surface area contributed by atoms with Crippen molar-refractivity contribution in [2.24, 2.45) is 11.8 Å². The molecule has 0 bridgehead atoms. The third kappa shape index (κ3) is 9.05. The molecule has 2 aromatic rings. The molecule has 1 unspecified atom stereocenters. The molecular weight excluding hydrogens is 780 g/mol. The Bertz CT molecular complexity index is 1550. The van der Waals surface area contributed by atoms with Crippen molar-refractivity contribution in [2.45, 2.75) is 73.4 Å². The van der Waals surface area contributed by atoms with E-state index in [0.717, 1.165) is 69.4 Å². The number of carboxylic acids is 1. The lowest BCUT2D eigenvalue weighted by Gasteiger charge is -2.34. The van der Waals surface area contributed by atoms with Crippen LogP contribution in [0.1, 0.15) is 58.3 Å². The highest BCUT2D eigenvalue weighted by atomic mass is 79.9. The van der Waals surface area contributed by atoms with E-state index in [1.807, 2.05) is 0 Å². The summed E-state index contributed by atoms with van der Waals surface area (Å²) in [6, 6.07) is 1.73. The van der Waals surface area contributed by atoms with Crippen molar-refractivity contribution in [1.29, 1.82) is 0 Å². The van der Waals surface area contributed by atoms with Crippen LogP contribution >= 0.6 is 54.8 Å². The van der Waals surface area contributed by atoms with Crippen molar-refractivity contribution in [3.05, 3.63) is 43.8 Å². The summed E-state index contributed by atoms with van der Waals surface area (Å²) in [6.45, 7) is 7.99. The van der Waals surface area contributed by atoms with E-state index >= 15 is 0 Å². The summed E-state index contributed by atoms with van der Waals surface area (Å²) in [5.41, 5.74) is 0.557. The molecule has 2 aliphatic rings. The SMILES string of the molecule is C=C(C)CC(NS(=O)(=O)c1cnc(N2CCC(CCCC3CCN(S(=O)(=O)c4cc(Br)c(Cl)s4)CC3)CC2)c(Br)c1)C(=O)O. The van der Waals surface area contributed by atoms with Gasteiger partial charge in [0.05, 0.1) is 4.47 Å². The Morgan fingerprint density at radius 1 is 1.09 bits per heavy atom. The van der Waals surface area contributed by atoms with Crippen LogP contribution in [0, 0.1) is 11.8 Å². The average Bonchev–Trinajstić information content (AvgIpc) is 3.31. The van der Waals surface area contributed by atoms with E-state index in [2.05, 4.69) is 53.0 Å². The van der Waals surface area contributed by atoms with Gasteiger partial charge in [-0.2, -0.15) is 9.03 Å². The number of aliphatic carboxylic acids is 1. The van der Waals surface area contributed by atoms with Gasteiger partial charge in [0, 0.05) is 36.8 Å². The van der Waals surface area contributed by atoms with Gasteiger partial charge in [-0.25, -0.2) is 21.8 Å². The Balaban J connectivity index is 1.21. The lowest BCUT2D eigenvalue weighted by atomic mass is 9.87. The van der Waals surface area contributed by atoms with E-state index in [1.165, 1.54) is 12.3 Å². The molecule has 4 heterocycles. The van der Waals surface area contributed by atoms with Gasteiger partial charge >= 0.3 is 5.97 Å². The van der Waals surface area contributed by atoms with Crippen molar-refractivity contribution in [3.8, 4) is 0 Å². The second kappa shape index (κ2) is 15.2. The molecule has 2 aromatic heterocycles. The van der Waals surface area contributed by atoms with Crippen molar-refractivity contribution in [3.63, 3.8) is 0 Å². The molecule has 4 rings (SSSR count). The van der Waals surface area contributed by atoms with Gasteiger partial charge in [-0.15, -0.1) is 17.9 Å². The molecule has 44 heavy (non-hydrogen) atoms. The van der Waals surface area contributed by atoms with Crippen LogP contribution in [-0.2, 0) is 24.8 Å². The molecule has 2 saturated heterocycles. The largest absolute Gasteiger partial charge is 0.480 e. The molecular formula is C28H37Br2ClN4O6S3. The number of nitrogens with one attached hydrogen (secondary N) is 1. The fraction of sp³-hybridized carbons (Fsp3) is 0.571. The minimum absolute atomic E-state index is 0.00965. The van der Waals surface area contributed by atoms with Gasteiger partial charge in [-0.05, 0) is 94.9 Å². The first-order valence-electron chi connectivity index (χ1n) is 14.4. The maximum absolute atomic E-state index is 13.0. The molecule has 0 spiro atoms. The highest BCUT2D eigenvalue weighted by Crippen LogP contribution is 2.37. The Morgan fingerprint density at radius 2 is 1.68 bits per heavy atom. The molecule has 2 aliphatic heterocycles. The summed E-state index contributed by atoms with van der Waals surface area (Å²) < 4.78 is 57.3. The molecule has 16 heteroatoms. The van der Waals surface area contributed by atoms with E-state index in [-0.39, 0.29) is 15.5 Å². The number of carbonyl (C=O) groups is 1. The number of hydrogen-bond donors (Lipinski definition) is 2. The van der Waals surface area contributed by atoms with E-state index in [0.29, 0.717) is 49.6 Å². The molecule has 2 N–H and O–H groups in total. The van der Waals surface area contributed by atoms with Crippen LogP contribution in [-0.4, -0.2) is 69.4 Å². The predicted octanol–water partition coefficient (Wildman–Crippen LogP) is 6.51. The number of sulfonamides is 2. The first-order chi connectivity index (χ1) is 20.7. The van der Waals surface area contributed by atoms with Crippen molar-refractivity contribution < 1.29 is 26.7 Å². The topological polar surface area (TPSA) is 137 Å². The zero-order valence-electron chi connectivity index (χ0n) is 24.3. The summed E-state index contributed by atoms with van der Waals surface area (Å²) in [5.74, 6) is 0.514. The maximum Gasteiger partial charge on any atom is 0.322 e. The fourth-order valence-corrected chi connectivity index (χ4v) is 11.6. The maximum atomic E-state index is 13.0. The Hall–Kier alpha value is -1.07. The number of hydrogen-bond acceptors (Lipinski definition) is 8. The lowest BCUT2D eigenvalue weighted by Crippen LogP contribution is -2.41. The minimum atomic E-state index is -4.09. The van der Waals surface area contributed by atoms with Crippen molar-refractivity contribution in [1.82, 2.24) is 14.0 Å². The summed E-state index contributed by atoms with van der Waals surface area (Å²) in [5, 5.41) is 9.40. The zero-order valence-corrected chi connectivity index (χ0v) is 30.7. The summed E-state index contributed by atoms with van der Waals surface area (Å²) in [4.78, 5) is 18.0. The second-order valence-electron chi connectivity index (χ2n) is 11.5. The van der Waals surface area contributed by atoms with Crippen LogP contribution in [0.4, 0.5) is 5.82 Å². The number of thiophene rings is 1. The smallest absolute Gasteiger partial charge is 0.322 e. The third-order valence-electron chi connectivity index (χ3n) is 8.18. The van der Waals surface area contributed by atoms with Gasteiger partial charge in [-0.1, -0.05) is 36.4 Å². The Labute approximate surface area is 285 Å². The quantitative estimate of drug-likeness (QED) is 0.219. The van der Waals surface area contributed by atoms with Gasteiger partial charge in [0.15, 0.2) is 0 Å². The van der Waals surface area contributed by atoms with Crippen molar-refractivity contribution in [2.75, 3.05) is 31.1 Å². The molecule has 0 aromatic carbocycles. The number of piperidine rings is 2. The zero-order chi connectivity index (χ0) is 32.2. The molecule has 0 amide bonds. The van der Waals surface area contributed by atoms with E-state index in [4.69, 9.17) is 11.6 Å². The van der Waals surface area contributed by atoms with Crippen LogP contribution in [0.3, 0.4) is 0 Å². The molecule has 10 nitrogen and oxygen atoms in total. The number of pyridine rings is 1. The van der Waals surface area contributed by atoms with E-state index < -0.39 is 32.1 Å². The number of aromatic nitrogens is 1. The van der Waals surface area contributed by atoms with Crippen LogP contribution in [0.15, 0.2) is 48.5 Å². The van der Waals surface area contributed by atoms with Gasteiger partial charge < -0.3 is 10.0 Å². The number of halogens is 3. The molecule has 1 atom stereocenters.